The lowest BCUT2D eigenvalue weighted by Gasteiger charge is -2.37. The van der Waals surface area contributed by atoms with Crippen molar-refractivity contribution in [2.75, 3.05) is 19.6 Å². The van der Waals surface area contributed by atoms with Crippen LogP contribution in [-0.4, -0.2) is 55.9 Å². The molecule has 1 amide bonds. The van der Waals surface area contributed by atoms with E-state index in [2.05, 4.69) is 19.4 Å². The number of carbonyl (C=O) groups excluding carboxylic acids is 1. The highest BCUT2D eigenvalue weighted by Gasteiger charge is 2.34. The number of amides is 1. The van der Waals surface area contributed by atoms with E-state index in [-0.39, 0.29) is 11.9 Å². The van der Waals surface area contributed by atoms with E-state index >= 15 is 0 Å². The average molecular weight is 315 g/mol. The van der Waals surface area contributed by atoms with Crippen molar-refractivity contribution < 1.29 is 9.21 Å². The van der Waals surface area contributed by atoms with Gasteiger partial charge in [0.1, 0.15) is 6.26 Å². The summed E-state index contributed by atoms with van der Waals surface area (Å²) in [5.74, 6) is -0.0701. The predicted molar refractivity (Wildman–Crippen MR) is 82.8 cm³/mol. The Bertz CT molecular complexity index is 687. The number of rotatable bonds is 3. The van der Waals surface area contributed by atoms with Gasteiger partial charge in [-0.15, -0.1) is 0 Å². The molecule has 2 aliphatic rings. The zero-order valence-corrected chi connectivity index (χ0v) is 13.3. The molecule has 0 N–H and O–H groups in total. The minimum atomic E-state index is -0.0701. The van der Waals surface area contributed by atoms with E-state index in [1.54, 1.807) is 0 Å². The first-order valence-corrected chi connectivity index (χ1v) is 8.13. The maximum atomic E-state index is 12.8. The smallest absolute Gasteiger partial charge is 0.276 e. The monoisotopic (exact) mass is 315 g/mol. The van der Waals surface area contributed by atoms with Crippen LogP contribution in [0.5, 0.6) is 0 Å². The number of imidazole rings is 1. The fraction of sp³-hybridized carbons (Fsp3) is 0.562. The Morgan fingerprint density at radius 1 is 1.35 bits per heavy atom. The third-order valence-electron chi connectivity index (χ3n) is 4.92. The molecule has 1 atom stereocenters. The van der Waals surface area contributed by atoms with Crippen molar-refractivity contribution in [2.24, 2.45) is 7.05 Å². The zero-order chi connectivity index (χ0) is 15.8. The molecule has 4 heterocycles. The normalized spacial score (nSPS) is 21.6. The summed E-state index contributed by atoms with van der Waals surface area (Å²) >= 11 is 0. The Kier molecular flexibility index (Phi) is 3.65. The van der Waals surface area contributed by atoms with Crippen LogP contribution >= 0.6 is 0 Å². The number of aryl methyl sites for hydroxylation is 1. The summed E-state index contributed by atoms with van der Waals surface area (Å²) in [6.07, 6.45) is 7.90. The van der Waals surface area contributed by atoms with Crippen LogP contribution < -0.4 is 0 Å². The molecule has 0 spiro atoms. The highest BCUT2D eigenvalue weighted by atomic mass is 16.3. The summed E-state index contributed by atoms with van der Waals surface area (Å²) in [4.78, 5) is 25.6. The summed E-state index contributed by atoms with van der Waals surface area (Å²) in [6.45, 7) is 3.70. The van der Waals surface area contributed by atoms with Gasteiger partial charge in [0.2, 0.25) is 0 Å². The van der Waals surface area contributed by atoms with Crippen LogP contribution in [0.2, 0.25) is 0 Å². The molecular weight excluding hydrogens is 294 g/mol. The van der Waals surface area contributed by atoms with E-state index in [4.69, 9.17) is 4.42 Å². The molecule has 0 radical (unpaired) electrons. The highest BCUT2D eigenvalue weighted by molar-refractivity contribution is 5.92. The van der Waals surface area contributed by atoms with Gasteiger partial charge in [0.15, 0.2) is 12.1 Å². The van der Waals surface area contributed by atoms with Crippen molar-refractivity contribution in [3.8, 4) is 0 Å². The first kappa shape index (κ1) is 14.4. The lowest BCUT2D eigenvalue weighted by molar-refractivity contribution is 0.0581. The van der Waals surface area contributed by atoms with Gasteiger partial charge >= 0.3 is 0 Å². The SMILES string of the molecule is Cn1cnc2c1C[C@H](CN1CCCC1)N(C(=O)c1cocn1)C2. The van der Waals surface area contributed by atoms with E-state index in [1.807, 2.05) is 18.3 Å². The third-order valence-corrected chi connectivity index (χ3v) is 4.92. The van der Waals surface area contributed by atoms with E-state index in [0.717, 1.165) is 31.7 Å². The number of nitrogens with zero attached hydrogens (tertiary/aromatic N) is 5. The lowest BCUT2D eigenvalue weighted by Crippen LogP contribution is -2.50. The molecular formula is C16H21N5O2. The second kappa shape index (κ2) is 5.81. The number of aromatic nitrogens is 3. The molecule has 1 fully saturated rings. The van der Waals surface area contributed by atoms with Crippen LogP contribution in [0, 0.1) is 0 Å². The van der Waals surface area contributed by atoms with Gasteiger partial charge < -0.3 is 18.8 Å². The van der Waals surface area contributed by atoms with Crippen LogP contribution in [-0.2, 0) is 20.0 Å². The summed E-state index contributed by atoms with van der Waals surface area (Å²) in [5, 5.41) is 0. The molecule has 2 aromatic rings. The molecule has 0 unspecified atom stereocenters. The van der Waals surface area contributed by atoms with Crippen molar-refractivity contribution >= 4 is 5.91 Å². The van der Waals surface area contributed by atoms with Gasteiger partial charge in [-0.2, -0.15) is 0 Å². The predicted octanol–water partition coefficient (Wildman–Crippen LogP) is 1.07. The first-order valence-electron chi connectivity index (χ1n) is 8.13. The number of hydrogen-bond acceptors (Lipinski definition) is 5. The molecule has 2 aromatic heterocycles. The maximum absolute atomic E-state index is 12.8. The largest absolute Gasteiger partial charge is 0.451 e. The van der Waals surface area contributed by atoms with Gasteiger partial charge in [-0.1, -0.05) is 0 Å². The van der Waals surface area contributed by atoms with Crippen LogP contribution in [0.1, 0.15) is 34.7 Å². The summed E-state index contributed by atoms with van der Waals surface area (Å²) in [5.41, 5.74) is 2.59. The fourth-order valence-electron chi connectivity index (χ4n) is 3.65. The van der Waals surface area contributed by atoms with Gasteiger partial charge in [-0.25, -0.2) is 9.97 Å². The lowest BCUT2D eigenvalue weighted by atomic mass is 10.0. The van der Waals surface area contributed by atoms with Gasteiger partial charge in [-0.05, 0) is 25.9 Å². The van der Waals surface area contributed by atoms with E-state index in [0.29, 0.717) is 12.2 Å². The van der Waals surface area contributed by atoms with Crippen molar-refractivity contribution in [3.05, 3.63) is 36.1 Å². The Balaban J connectivity index is 1.61. The third kappa shape index (κ3) is 2.65. The van der Waals surface area contributed by atoms with E-state index in [9.17, 15) is 4.79 Å². The van der Waals surface area contributed by atoms with E-state index < -0.39 is 0 Å². The molecule has 1 saturated heterocycles. The minimum absolute atomic E-state index is 0.0701. The maximum Gasteiger partial charge on any atom is 0.276 e. The van der Waals surface area contributed by atoms with E-state index in [1.165, 1.54) is 31.2 Å². The zero-order valence-electron chi connectivity index (χ0n) is 13.3. The summed E-state index contributed by atoms with van der Waals surface area (Å²) in [7, 11) is 2.02. The topological polar surface area (TPSA) is 67.4 Å². The number of likely N-dealkylation sites (tertiary alicyclic amines) is 1. The Morgan fingerprint density at radius 2 is 2.17 bits per heavy atom. The molecule has 0 bridgehead atoms. The molecule has 7 heteroatoms. The molecule has 0 saturated carbocycles. The quantitative estimate of drug-likeness (QED) is 0.847. The highest BCUT2D eigenvalue weighted by Crippen LogP contribution is 2.25. The van der Waals surface area contributed by atoms with Crippen molar-refractivity contribution in [2.45, 2.75) is 31.8 Å². The Morgan fingerprint density at radius 3 is 2.91 bits per heavy atom. The minimum Gasteiger partial charge on any atom is -0.451 e. The summed E-state index contributed by atoms with van der Waals surface area (Å²) < 4.78 is 7.05. The van der Waals surface area contributed by atoms with Gasteiger partial charge in [0.05, 0.1) is 24.6 Å². The second-order valence-electron chi connectivity index (χ2n) is 6.42. The van der Waals surface area contributed by atoms with Gasteiger partial charge in [0.25, 0.3) is 5.91 Å². The number of hydrogen-bond donors (Lipinski definition) is 0. The van der Waals surface area contributed by atoms with Crippen LogP contribution in [0.4, 0.5) is 0 Å². The number of fused-ring (bicyclic) bond motifs is 1. The van der Waals surface area contributed by atoms with Crippen molar-refractivity contribution in [3.63, 3.8) is 0 Å². The first-order chi connectivity index (χ1) is 11.2. The van der Waals surface area contributed by atoms with Gasteiger partial charge in [0, 0.05) is 25.7 Å². The Hall–Kier alpha value is -2.15. The summed E-state index contributed by atoms with van der Waals surface area (Å²) in [6, 6.07) is 0.153. The molecule has 0 aliphatic carbocycles. The average Bonchev–Trinajstić information content (AvgIpc) is 3.29. The molecule has 0 aromatic carbocycles. The van der Waals surface area contributed by atoms with Crippen LogP contribution in [0.25, 0.3) is 0 Å². The molecule has 7 nitrogen and oxygen atoms in total. The number of carbonyl (C=O) groups is 1. The molecule has 122 valence electrons. The van der Waals surface area contributed by atoms with Crippen LogP contribution in [0.3, 0.4) is 0 Å². The van der Waals surface area contributed by atoms with Crippen LogP contribution in [0.15, 0.2) is 23.4 Å². The number of oxazole rings is 1. The molecule has 4 rings (SSSR count). The molecule has 23 heavy (non-hydrogen) atoms. The molecule has 2 aliphatic heterocycles. The van der Waals surface area contributed by atoms with Crippen molar-refractivity contribution in [1.29, 1.82) is 0 Å². The van der Waals surface area contributed by atoms with Crippen molar-refractivity contribution in [1.82, 2.24) is 24.3 Å². The fourth-order valence-corrected chi connectivity index (χ4v) is 3.65. The second-order valence-corrected chi connectivity index (χ2v) is 6.42. The standard InChI is InChI=1S/C16H21N5O2/c1-19-10-17-13-8-21(16(22)14-9-23-11-18-14)12(6-15(13)19)7-20-4-2-3-5-20/h9-12H,2-8H2,1H3/t12-/m1/s1. The van der Waals surface area contributed by atoms with Gasteiger partial charge in [-0.3, -0.25) is 4.79 Å². The Labute approximate surface area is 134 Å².